The van der Waals surface area contributed by atoms with Gasteiger partial charge in [-0.2, -0.15) is 8.78 Å². The molecule has 1 aliphatic rings. The third-order valence-corrected chi connectivity index (χ3v) is 3.14. The minimum absolute atomic E-state index is 0. The van der Waals surface area contributed by atoms with Gasteiger partial charge in [-0.3, -0.25) is 0 Å². The minimum Gasteiger partial charge on any atom is -0.544 e. The second-order valence-corrected chi connectivity index (χ2v) is 4.25. The first kappa shape index (κ1) is 12.6. The summed E-state index contributed by atoms with van der Waals surface area (Å²) in [5.74, 6) is -5.10. The van der Waals surface area contributed by atoms with Crippen LogP contribution in [-0.4, -0.2) is 11.0 Å². The maximum Gasteiger partial charge on any atom is 1.00 e. The van der Waals surface area contributed by atoms with Crippen LogP contribution in [0.5, 0.6) is 0 Å². The predicted molar refractivity (Wildman–Crippen MR) is 43.1 cm³/mol. The molecule has 1 aromatic rings. The van der Waals surface area contributed by atoms with Crippen LogP contribution in [0.3, 0.4) is 0 Å². The van der Waals surface area contributed by atoms with E-state index >= 15 is 0 Å². The minimum atomic E-state index is -2.97. The van der Waals surface area contributed by atoms with Crippen LogP contribution in [0.2, 0.25) is 0 Å². The first-order valence-electron chi connectivity index (χ1n) is 4.07. The van der Waals surface area contributed by atoms with Gasteiger partial charge in [0.1, 0.15) is 0 Å². The van der Waals surface area contributed by atoms with Gasteiger partial charge in [0.15, 0.2) is 5.01 Å². The number of hydrogen-bond acceptors (Lipinski definition) is 4. The van der Waals surface area contributed by atoms with E-state index < -0.39 is 22.8 Å². The summed E-state index contributed by atoms with van der Waals surface area (Å²) in [6.07, 6.45) is 1.88. The number of hydrogen-bond donors (Lipinski definition) is 0. The molecule has 2 rings (SSSR count). The Kier molecular flexibility index (Phi) is 3.54. The van der Waals surface area contributed by atoms with Crippen LogP contribution >= 0.6 is 11.3 Å². The molecular weight excluding hydrogens is 219 g/mol. The number of carboxylic acid groups (broad SMARTS) is 1. The number of alkyl halides is 2. The van der Waals surface area contributed by atoms with Crippen molar-refractivity contribution in [2.24, 2.45) is 5.92 Å². The molecule has 1 aliphatic carbocycles. The Labute approximate surface area is 101 Å². The van der Waals surface area contributed by atoms with Crippen LogP contribution < -0.4 is 24.0 Å². The van der Waals surface area contributed by atoms with Crippen molar-refractivity contribution in [2.45, 2.75) is 18.8 Å². The third-order valence-electron chi connectivity index (χ3n) is 2.08. The second-order valence-electron chi connectivity index (χ2n) is 3.21. The number of nitrogens with zero attached hydrogens (tertiary/aromatic N) is 1. The van der Waals surface area contributed by atoms with E-state index in [0.717, 1.165) is 6.20 Å². The molecule has 0 bridgehead atoms. The number of halogens is 2. The van der Waals surface area contributed by atoms with Crippen molar-refractivity contribution in [3.8, 4) is 0 Å². The van der Waals surface area contributed by atoms with Crippen LogP contribution in [0.15, 0.2) is 6.20 Å². The van der Waals surface area contributed by atoms with Crippen molar-refractivity contribution in [3.63, 3.8) is 0 Å². The molecule has 0 radical (unpaired) electrons. The fourth-order valence-corrected chi connectivity index (χ4v) is 1.95. The second kappa shape index (κ2) is 4.20. The molecule has 0 atom stereocenters. The van der Waals surface area contributed by atoms with Gasteiger partial charge in [0, 0.05) is 12.1 Å². The number of thiazole rings is 1. The van der Waals surface area contributed by atoms with Crippen LogP contribution in [0.25, 0.3) is 0 Å². The number of rotatable bonds is 3. The van der Waals surface area contributed by atoms with E-state index in [0.29, 0.717) is 24.2 Å². The summed E-state index contributed by atoms with van der Waals surface area (Å²) in [4.78, 5) is 13.5. The fraction of sp³-hybridized carbons (Fsp3) is 0.500. The van der Waals surface area contributed by atoms with E-state index in [4.69, 9.17) is 0 Å². The molecule has 0 N–H and O–H groups in total. The van der Waals surface area contributed by atoms with Gasteiger partial charge < -0.3 is 9.90 Å². The van der Waals surface area contributed by atoms with Gasteiger partial charge in [-0.1, -0.05) is 0 Å². The molecule has 7 heteroatoms. The summed E-state index contributed by atoms with van der Waals surface area (Å²) in [5.41, 5.74) is 0. The van der Waals surface area contributed by atoms with Crippen LogP contribution in [-0.2, 0) is 5.92 Å². The van der Waals surface area contributed by atoms with Gasteiger partial charge in [-0.25, -0.2) is 4.98 Å². The van der Waals surface area contributed by atoms with E-state index in [1.165, 1.54) is 0 Å². The number of aromatic nitrogens is 1. The molecule has 76 valence electrons. The maximum absolute atomic E-state index is 13.4. The van der Waals surface area contributed by atoms with Crippen molar-refractivity contribution in [1.29, 1.82) is 0 Å². The zero-order valence-electron chi connectivity index (χ0n) is 8.00. The molecule has 15 heavy (non-hydrogen) atoms. The van der Waals surface area contributed by atoms with Crippen molar-refractivity contribution >= 4 is 17.3 Å². The quantitative estimate of drug-likeness (QED) is 0.560. The van der Waals surface area contributed by atoms with Gasteiger partial charge in [0.25, 0.3) is 0 Å². The predicted octanol–water partition coefficient (Wildman–Crippen LogP) is -1.99. The molecule has 3 nitrogen and oxygen atoms in total. The third kappa shape index (κ3) is 2.38. The molecule has 1 fully saturated rings. The van der Waals surface area contributed by atoms with Gasteiger partial charge >= 0.3 is 24.8 Å². The summed E-state index contributed by atoms with van der Waals surface area (Å²) in [7, 11) is 0. The van der Waals surface area contributed by atoms with Crippen molar-refractivity contribution in [3.05, 3.63) is 16.1 Å². The standard InChI is InChI=1S/C8H7F2NO2S.Li/c9-8(10,4-1-2-4)7-11-3-5(14-7)6(12)13;/h3-4H,1-2H2,(H,12,13);/q;+1/p-1. The van der Waals surface area contributed by atoms with Gasteiger partial charge in [0.05, 0.1) is 10.8 Å². The summed E-state index contributed by atoms with van der Waals surface area (Å²) in [6.45, 7) is 0. The van der Waals surface area contributed by atoms with E-state index in [1.807, 2.05) is 0 Å². The SMILES string of the molecule is O=C([O-])c1cnc(C(F)(F)C2CC2)s1.[Li+]. The molecule has 0 unspecified atom stereocenters. The fourth-order valence-electron chi connectivity index (χ4n) is 1.14. The Bertz CT molecular complexity index is 378. The normalized spacial score (nSPS) is 15.9. The summed E-state index contributed by atoms with van der Waals surface area (Å²) in [5, 5.41) is 9.92. The molecule has 1 aromatic heterocycles. The molecule has 1 saturated carbocycles. The monoisotopic (exact) mass is 225 g/mol. The molecule has 0 aromatic carbocycles. The number of carbonyl (C=O) groups is 1. The van der Waals surface area contributed by atoms with E-state index in [2.05, 4.69) is 4.98 Å². The van der Waals surface area contributed by atoms with Crippen molar-refractivity contribution in [2.75, 3.05) is 0 Å². The first-order valence-corrected chi connectivity index (χ1v) is 4.89. The summed E-state index contributed by atoms with van der Waals surface area (Å²) < 4.78 is 26.7. The summed E-state index contributed by atoms with van der Waals surface area (Å²) >= 11 is 0.493. The average Bonchev–Trinajstić information content (AvgIpc) is 2.82. The topological polar surface area (TPSA) is 53.0 Å². The number of carbonyl (C=O) groups excluding carboxylic acids is 1. The van der Waals surface area contributed by atoms with Gasteiger partial charge in [0.2, 0.25) is 0 Å². The van der Waals surface area contributed by atoms with Gasteiger partial charge in [-0.15, -0.1) is 11.3 Å². The zero-order valence-corrected chi connectivity index (χ0v) is 8.81. The molecule has 0 aliphatic heterocycles. The Morgan fingerprint density at radius 3 is 2.60 bits per heavy atom. The van der Waals surface area contributed by atoms with Gasteiger partial charge in [-0.05, 0) is 12.8 Å². The zero-order chi connectivity index (χ0) is 10.3. The average molecular weight is 225 g/mol. The van der Waals surface area contributed by atoms with E-state index in [9.17, 15) is 18.7 Å². The molecule has 0 saturated heterocycles. The smallest absolute Gasteiger partial charge is 0.544 e. The van der Waals surface area contributed by atoms with Crippen LogP contribution in [0.1, 0.15) is 27.5 Å². The Balaban J connectivity index is 0.00000112. The Morgan fingerprint density at radius 2 is 2.20 bits per heavy atom. The molecular formula is C8H6F2LiNO2S. The summed E-state index contributed by atoms with van der Waals surface area (Å²) in [6, 6.07) is 0. The Hall–Kier alpha value is -0.443. The van der Waals surface area contributed by atoms with Crippen LogP contribution in [0.4, 0.5) is 8.78 Å². The Morgan fingerprint density at radius 1 is 1.60 bits per heavy atom. The maximum atomic E-state index is 13.4. The van der Waals surface area contributed by atoms with Crippen molar-refractivity contribution in [1.82, 2.24) is 4.98 Å². The molecule has 0 spiro atoms. The largest absolute Gasteiger partial charge is 1.00 e. The number of aromatic carboxylic acids is 1. The molecule has 0 amide bonds. The van der Waals surface area contributed by atoms with Crippen molar-refractivity contribution < 1.29 is 37.5 Å². The molecule has 1 heterocycles. The van der Waals surface area contributed by atoms with E-state index in [-0.39, 0.29) is 23.7 Å². The first-order chi connectivity index (χ1) is 6.51. The van der Waals surface area contributed by atoms with E-state index in [1.54, 1.807) is 0 Å². The van der Waals surface area contributed by atoms with Crippen LogP contribution in [0, 0.1) is 5.92 Å². The number of carboxylic acids is 1.